The van der Waals surface area contributed by atoms with E-state index in [0.717, 1.165) is 25.6 Å². The molecule has 0 aromatic heterocycles. The molecule has 1 heterocycles. The standard InChI is InChI=1S/C21H36N4.HI/c1-4-22-20(23-14-8-9-15-25-16-10-11-17-25)24-18-21(2,3)19-12-6-5-7-13-19;/h5-7,12-13H,4,8-11,14-18H2,1-3H3,(H2,22,23,24);1H. The molecule has 1 fully saturated rings. The van der Waals surface area contributed by atoms with Crippen LogP contribution in [-0.2, 0) is 5.41 Å². The summed E-state index contributed by atoms with van der Waals surface area (Å²) in [5.41, 5.74) is 1.37. The van der Waals surface area contributed by atoms with Crippen molar-refractivity contribution in [2.45, 2.75) is 51.9 Å². The molecule has 1 saturated heterocycles. The number of benzene rings is 1. The lowest BCUT2D eigenvalue weighted by Gasteiger charge is -2.24. The maximum Gasteiger partial charge on any atom is 0.191 e. The van der Waals surface area contributed by atoms with Crippen molar-refractivity contribution >= 4 is 29.9 Å². The van der Waals surface area contributed by atoms with Crippen LogP contribution < -0.4 is 10.6 Å². The molecule has 0 aliphatic carbocycles. The van der Waals surface area contributed by atoms with Crippen LogP contribution in [0.5, 0.6) is 0 Å². The number of nitrogens with one attached hydrogen (secondary N) is 2. The number of hydrogen-bond donors (Lipinski definition) is 2. The smallest absolute Gasteiger partial charge is 0.191 e. The summed E-state index contributed by atoms with van der Waals surface area (Å²) in [7, 11) is 0. The van der Waals surface area contributed by atoms with E-state index in [1.54, 1.807) is 0 Å². The van der Waals surface area contributed by atoms with Crippen LogP contribution in [0.15, 0.2) is 35.3 Å². The Morgan fingerprint density at radius 3 is 2.42 bits per heavy atom. The number of hydrogen-bond acceptors (Lipinski definition) is 2. The zero-order valence-corrected chi connectivity index (χ0v) is 19.1. The summed E-state index contributed by atoms with van der Waals surface area (Å²) in [4.78, 5) is 7.41. The summed E-state index contributed by atoms with van der Waals surface area (Å²) in [6, 6.07) is 10.6. The van der Waals surface area contributed by atoms with Crippen LogP contribution in [0.25, 0.3) is 0 Å². The third kappa shape index (κ3) is 8.25. The van der Waals surface area contributed by atoms with Gasteiger partial charge in [0.1, 0.15) is 0 Å². The van der Waals surface area contributed by atoms with Crippen LogP contribution in [0.3, 0.4) is 0 Å². The van der Waals surface area contributed by atoms with Crippen molar-refractivity contribution in [1.29, 1.82) is 0 Å². The molecule has 1 aromatic rings. The Morgan fingerprint density at radius 2 is 1.77 bits per heavy atom. The van der Waals surface area contributed by atoms with Crippen molar-refractivity contribution in [3.8, 4) is 0 Å². The number of halogens is 1. The predicted molar refractivity (Wildman–Crippen MR) is 124 cm³/mol. The maximum atomic E-state index is 4.82. The van der Waals surface area contributed by atoms with Crippen molar-refractivity contribution in [3.63, 3.8) is 0 Å². The molecule has 0 spiro atoms. The molecule has 0 atom stereocenters. The fourth-order valence-electron chi connectivity index (χ4n) is 3.27. The Morgan fingerprint density at radius 1 is 1.08 bits per heavy atom. The van der Waals surface area contributed by atoms with Crippen molar-refractivity contribution < 1.29 is 0 Å². The fraction of sp³-hybridized carbons (Fsp3) is 0.667. The van der Waals surface area contributed by atoms with Crippen molar-refractivity contribution in [2.24, 2.45) is 4.99 Å². The number of rotatable bonds is 9. The molecule has 2 rings (SSSR count). The predicted octanol–water partition coefficient (Wildman–Crippen LogP) is 4.01. The van der Waals surface area contributed by atoms with E-state index in [4.69, 9.17) is 4.99 Å². The lowest BCUT2D eigenvalue weighted by atomic mass is 9.85. The average Bonchev–Trinajstić information content (AvgIpc) is 3.13. The van der Waals surface area contributed by atoms with Gasteiger partial charge in [0.15, 0.2) is 5.96 Å². The largest absolute Gasteiger partial charge is 0.357 e. The highest BCUT2D eigenvalue weighted by Crippen LogP contribution is 2.22. The molecule has 1 aliphatic rings. The third-order valence-electron chi connectivity index (χ3n) is 4.92. The summed E-state index contributed by atoms with van der Waals surface area (Å²) in [5, 5.41) is 6.86. The molecule has 1 aliphatic heterocycles. The van der Waals surface area contributed by atoms with E-state index >= 15 is 0 Å². The first-order valence-corrected chi connectivity index (χ1v) is 9.92. The molecule has 148 valence electrons. The average molecular weight is 472 g/mol. The van der Waals surface area contributed by atoms with E-state index in [1.807, 2.05) is 0 Å². The van der Waals surface area contributed by atoms with Crippen LogP contribution in [-0.4, -0.2) is 50.1 Å². The molecule has 0 saturated carbocycles. The second kappa shape index (κ2) is 12.5. The van der Waals surface area contributed by atoms with Gasteiger partial charge in [0.2, 0.25) is 0 Å². The van der Waals surface area contributed by atoms with Gasteiger partial charge in [-0.25, -0.2) is 0 Å². The zero-order valence-electron chi connectivity index (χ0n) is 16.8. The Balaban J connectivity index is 0.00000338. The van der Waals surface area contributed by atoms with Gasteiger partial charge in [-0.05, 0) is 57.8 Å². The summed E-state index contributed by atoms with van der Waals surface area (Å²) in [6.07, 6.45) is 5.23. The van der Waals surface area contributed by atoms with E-state index in [0.29, 0.717) is 0 Å². The van der Waals surface area contributed by atoms with Gasteiger partial charge in [-0.3, -0.25) is 4.99 Å². The Bertz CT molecular complexity index is 510. The molecule has 26 heavy (non-hydrogen) atoms. The first-order valence-electron chi connectivity index (χ1n) is 9.92. The molecule has 2 N–H and O–H groups in total. The monoisotopic (exact) mass is 472 g/mol. The normalized spacial score (nSPS) is 15.6. The second-order valence-electron chi connectivity index (χ2n) is 7.63. The van der Waals surface area contributed by atoms with Gasteiger partial charge in [-0.15, -0.1) is 24.0 Å². The molecule has 5 heteroatoms. The van der Waals surface area contributed by atoms with Crippen molar-refractivity contribution in [3.05, 3.63) is 35.9 Å². The minimum absolute atomic E-state index is 0. The number of guanidine groups is 1. The first-order chi connectivity index (χ1) is 12.1. The molecule has 0 amide bonds. The van der Waals surface area contributed by atoms with E-state index < -0.39 is 0 Å². The molecule has 4 nitrogen and oxygen atoms in total. The van der Waals surface area contributed by atoms with E-state index in [1.165, 1.54) is 50.9 Å². The summed E-state index contributed by atoms with van der Waals surface area (Å²) in [5.74, 6) is 0.938. The van der Waals surface area contributed by atoms with E-state index in [9.17, 15) is 0 Å². The van der Waals surface area contributed by atoms with Crippen molar-refractivity contribution in [2.75, 3.05) is 39.3 Å². The van der Waals surface area contributed by atoms with Crippen molar-refractivity contribution in [1.82, 2.24) is 15.5 Å². The molecule has 1 aromatic carbocycles. The number of aliphatic imine (C=N–C) groups is 1. The minimum atomic E-state index is 0. The van der Waals surface area contributed by atoms with Gasteiger partial charge in [0, 0.05) is 18.5 Å². The number of likely N-dealkylation sites (tertiary alicyclic amines) is 1. The van der Waals surface area contributed by atoms with Gasteiger partial charge in [0.05, 0.1) is 6.54 Å². The highest BCUT2D eigenvalue weighted by atomic mass is 127. The van der Waals surface area contributed by atoms with Crippen LogP contribution in [0, 0.1) is 0 Å². The molecular formula is C21H37IN4. The SMILES string of the molecule is CCNC(=NCC(C)(C)c1ccccc1)NCCCCN1CCCC1.I. The van der Waals surface area contributed by atoms with Gasteiger partial charge >= 0.3 is 0 Å². The molecule has 0 unspecified atom stereocenters. The quantitative estimate of drug-likeness (QED) is 0.247. The minimum Gasteiger partial charge on any atom is -0.357 e. The van der Waals surface area contributed by atoms with Crippen LogP contribution in [0.1, 0.15) is 52.0 Å². The number of unbranched alkanes of at least 4 members (excludes halogenated alkanes) is 1. The van der Waals surface area contributed by atoms with Crippen LogP contribution in [0.4, 0.5) is 0 Å². The van der Waals surface area contributed by atoms with Crippen LogP contribution >= 0.6 is 24.0 Å². The molecule has 0 bridgehead atoms. The summed E-state index contributed by atoms with van der Waals surface area (Å²) < 4.78 is 0. The van der Waals surface area contributed by atoms with Gasteiger partial charge in [0.25, 0.3) is 0 Å². The summed E-state index contributed by atoms with van der Waals surface area (Å²) >= 11 is 0. The highest BCUT2D eigenvalue weighted by Gasteiger charge is 2.20. The molecule has 0 radical (unpaired) electrons. The van der Waals surface area contributed by atoms with E-state index in [-0.39, 0.29) is 29.4 Å². The second-order valence-corrected chi connectivity index (χ2v) is 7.63. The lowest BCUT2D eigenvalue weighted by Crippen LogP contribution is -2.39. The van der Waals surface area contributed by atoms with E-state index in [2.05, 4.69) is 66.6 Å². The van der Waals surface area contributed by atoms with Gasteiger partial charge in [-0.1, -0.05) is 44.2 Å². The number of nitrogens with zero attached hydrogens (tertiary/aromatic N) is 2. The zero-order chi connectivity index (χ0) is 18.0. The highest BCUT2D eigenvalue weighted by molar-refractivity contribution is 14.0. The fourth-order valence-corrected chi connectivity index (χ4v) is 3.27. The van der Waals surface area contributed by atoms with Gasteiger partial charge in [-0.2, -0.15) is 0 Å². The van der Waals surface area contributed by atoms with Gasteiger partial charge < -0.3 is 15.5 Å². The lowest BCUT2D eigenvalue weighted by molar-refractivity contribution is 0.330. The molecular weight excluding hydrogens is 435 g/mol. The Hall–Kier alpha value is -0.820. The Kier molecular flexibility index (Phi) is 11.2. The topological polar surface area (TPSA) is 39.7 Å². The maximum absolute atomic E-state index is 4.82. The van der Waals surface area contributed by atoms with Crippen LogP contribution in [0.2, 0.25) is 0 Å². The summed E-state index contributed by atoms with van der Waals surface area (Å²) in [6.45, 7) is 13.1. The Labute approximate surface area is 177 Å². The third-order valence-corrected chi connectivity index (χ3v) is 4.92. The first kappa shape index (κ1) is 23.2.